The third kappa shape index (κ3) is 2.60. The predicted molar refractivity (Wildman–Crippen MR) is 62.0 cm³/mol. The Bertz CT molecular complexity index is 455. The molecule has 1 N–H and O–H groups in total. The lowest BCUT2D eigenvalue weighted by atomic mass is 10.4. The van der Waals surface area contributed by atoms with Gasteiger partial charge in [0.15, 0.2) is 0 Å². The molecule has 0 unspecified atom stereocenters. The lowest BCUT2D eigenvalue weighted by Gasteiger charge is -2.01. The number of aromatic nitrogens is 2. The lowest BCUT2D eigenvalue weighted by Crippen LogP contribution is -2.12. The van der Waals surface area contributed by atoms with Gasteiger partial charge in [-0.2, -0.15) is 0 Å². The first kappa shape index (κ1) is 10.3. The van der Waals surface area contributed by atoms with Crippen LogP contribution in [0.4, 0.5) is 5.69 Å². The molecule has 0 atom stereocenters. The molecule has 2 heterocycles. The molecule has 4 nitrogen and oxygen atoms in total. The molecule has 76 valence electrons. The number of hydrogen-bond acceptors (Lipinski definition) is 4. The predicted octanol–water partition coefficient (Wildman–Crippen LogP) is 2.55. The fraction of sp³-hybridized carbons (Fsp3) is 0. The van der Waals surface area contributed by atoms with Gasteiger partial charge in [0.05, 0.1) is 17.4 Å². The van der Waals surface area contributed by atoms with Gasteiger partial charge in [0, 0.05) is 5.38 Å². The van der Waals surface area contributed by atoms with Gasteiger partial charge in [0.2, 0.25) is 0 Å². The maximum Gasteiger partial charge on any atom is 0.275 e. The summed E-state index contributed by atoms with van der Waals surface area (Å²) in [6.07, 6.45) is 1.58. The Morgan fingerprint density at radius 1 is 1.40 bits per heavy atom. The van der Waals surface area contributed by atoms with Gasteiger partial charge in [0.1, 0.15) is 10.3 Å². The maximum atomic E-state index is 11.6. The smallest absolute Gasteiger partial charge is 0.275 e. The number of carbonyl (C=O) groups excluding carboxylic acids is 1. The summed E-state index contributed by atoms with van der Waals surface area (Å²) in [7, 11) is 0. The second kappa shape index (κ2) is 4.50. The van der Waals surface area contributed by atoms with Gasteiger partial charge in [-0.05, 0) is 28.1 Å². The summed E-state index contributed by atoms with van der Waals surface area (Å²) in [4.78, 5) is 19.5. The first-order valence-corrected chi connectivity index (χ1v) is 5.80. The normalized spacial score (nSPS) is 9.93. The highest BCUT2D eigenvalue weighted by molar-refractivity contribution is 9.10. The molecule has 0 fully saturated rings. The Labute approximate surface area is 98.5 Å². The molecule has 0 saturated heterocycles. The number of rotatable bonds is 2. The van der Waals surface area contributed by atoms with E-state index in [4.69, 9.17) is 0 Å². The average Bonchev–Trinajstić information content (AvgIpc) is 2.74. The number of nitrogens with zero attached hydrogens (tertiary/aromatic N) is 2. The zero-order chi connectivity index (χ0) is 10.7. The third-order valence-electron chi connectivity index (χ3n) is 1.65. The molecule has 1 amide bonds. The molecule has 6 heteroatoms. The minimum atomic E-state index is -0.222. The van der Waals surface area contributed by atoms with Crippen LogP contribution in [0.5, 0.6) is 0 Å². The molecule has 0 saturated carbocycles. The summed E-state index contributed by atoms with van der Waals surface area (Å²) in [5, 5.41) is 4.39. The van der Waals surface area contributed by atoms with Gasteiger partial charge in [-0.3, -0.25) is 4.79 Å². The van der Waals surface area contributed by atoms with Crippen molar-refractivity contribution in [3.8, 4) is 0 Å². The quantitative estimate of drug-likeness (QED) is 0.862. The van der Waals surface area contributed by atoms with E-state index in [1.165, 1.54) is 11.3 Å². The van der Waals surface area contributed by atoms with Crippen molar-refractivity contribution >= 4 is 38.9 Å². The molecule has 2 rings (SSSR count). The fourth-order valence-electron chi connectivity index (χ4n) is 0.970. The van der Waals surface area contributed by atoms with Gasteiger partial charge < -0.3 is 5.32 Å². The highest BCUT2D eigenvalue weighted by Gasteiger charge is 2.07. The van der Waals surface area contributed by atoms with E-state index in [0.29, 0.717) is 11.4 Å². The molecule has 0 spiro atoms. The summed E-state index contributed by atoms with van der Waals surface area (Å²) in [5.41, 5.74) is 2.69. The Morgan fingerprint density at radius 3 is 2.87 bits per heavy atom. The summed E-state index contributed by atoms with van der Waals surface area (Å²) in [6, 6.07) is 3.53. The second-order valence-electron chi connectivity index (χ2n) is 2.70. The summed E-state index contributed by atoms with van der Waals surface area (Å²) >= 11 is 4.60. The molecule has 2 aromatic heterocycles. The van der Waals surface area contributed by atoms with Gasteiger partial charge in [-0.1, -0.05) is 0 Å². The van der Waals surface area contributed by atoms with Crippen molar-refractivity contribution in [2.45, 2.75) is 0 Å². The van der Waals surface area contributed by atoms with E-state index >= 15 is 0 Å². The van der Waals surface area contributed by atoms with E-state index in [9.17, 15) is 4.79 Å². The molecule has 0 aliphatic rings. The summed E-state index contributed by atoms with van der Waals surface area (Å²) in [5.74, 6) is -0.222. The molecular weight excluding hydrogens is 278 g/mol. The first-order chi connectivity index (χ1) is 7.25. The number of halogens is 1. The van der Waals surface area contributed by atoms with Crippen LogP contribution >= 0.6 is 27.3 Å². The molecule has 0 aliphatic heterocycles. The Balaban J connectivity index is 2.09. The largest absolute Gasteiger partial charge is 0.319 e. The third-order valence-corrected chi connectivity index (χ3v) is 2.71. The number of thiazole rings is 1. The minimum absolute atomic E-state index is 0.222. The number of nitrogens with one attached hydrogen (secondary N) is 1. The van der Waals surface area contributed by atoms with Crippen LogP contribution < -0.4 is 5.32 Å². The van der Waals surface area contributed by atoms with Crippen LogP contribution in [0.2, 0.25) is 0 Å². The van der Waals surface area contributed by atoms with Crippen LogP contribution in [0.1, 0.15) is 10.5 Å². The SMILES string of the molecule is O=C(Nc1ccc(Br)nc1)c1cscn1. The van der Waals surface area contributed by atoms with Crippen LogP contribution in [0.3, 0.4) is 0 Å². The standard InChI is InChI=1S/C9H6BrN3OS/c10-8-2-1-6(3-11-8)13-9(14)7-4-15-5-12-7/h1-5H,(H,13,14). The van der Waals surface area contributed by atoms with Gasteiger partial charge in [-0.15, -0.1) is 11.3 Å². The monoisotopic (exact) mass is 283 g/mol. The number of hydrogen-bond donors (Lipinski definition) is 1. The van der Waals surface area contributed by atoms with Crippen LogP contribution in [0, 0.1) is 0 Å². The zero-order valence-corrected chi connectivity index (χ0v) is 9.88. The molecular formula is C9H6BrN3OS. The molecule has 0 bridgehead atoms. The first-order valence-electron chi connectivity index (χ1n) is 4.07. The molecule has 2 aromatic rings. The van der Waals surface area contributed by atoms with E-state index < -0.39 is 0 Å². The molecule has 0 radical (unpaired) electrons. The van der Waals surface area contributed by atoms with Crippen LogP contribution in [-0.2, 0) is 0 Å². The molecule has 15 heavy (non-hydrogen) atoms. The van der Waals surface area contributed by atoms with Crippen molar-refractivity contribution in [2.24, 2.45) is 0 Å². The zero-order valence-electron chi connectivity index (χ0n) is 7.48. The van der Waals surface area contributed by atoms with Gasteiger partial charge >= 0.3 is 0 Å². The van der Waals surface area contributed by atoms with Crippen molar-refractivity contribution in [3.63, 3.8) is 0 Å². The van der Waals surface area contributed by atoms with Crippen molar-refractivity contribution < 1.29 is 4.79 Å². The van der Waals surface area contributed by atoms with Crippen molar-refractivity contribution in [3.05, 3.63) is 39.5 Å². The Morgan fingerprint density at radius 2 is 2.27 bits per heavy atom. The highest BCUT2D eigenvalue weighted by Crippen LogP contribution is 2.11. The van der Waals surface area contributed by atoms with Crippen molar-refractivity contribution in [1.29, 1.82) is 0 Å². The summed E-state index contributed by atoms with van der Waals surface area (Å²) < 4.78 is 0.731. The van der Waals surface area contributed by atoms with Crippen molar-refractivity contribution in [1.82, 2.24) is 9.97 Å². The molecule has 0 aliphatic carbocycles. The second-order valence-corrected chi connectivity index (χ2v) is 4.23. The van der Waals surface area contributed by atoms with E-state index in [1.807, 2.05) is 0 Å². The number of pyridine rings is 1. The van der Waals surface area contributed by atoms with Crippen molar-refractivity contribution in [2.75, 3.05) is 5.32 Å². The van der Waals surface area contributed by atoms with Gasteiger partial charge in [-0.25, -0.2) is 9.97 Å². The highest BCUT2D eigenvalue weighted by atomic mass is 79.9. The lowest BCUT2D eigenvalue weighted by molar-refractivity contribution is 0.102. The average molecular weight is 284 g/mol. The maximum absolute atomic E-state index is 11.6. The van der Waals surface area contributed by atoms with Gasteiger partial charge in [0.25, 0.3) is 5.91 Å². The number of carbonyl (C=O) groups is 1. The van der Waals surface area contributed by atoms with Crippen LogP contribution in [0.15, 0.2) is 33.8 Å². The number of amides is 1. The van der Waals surface area contributed by atoms with E-state index in [1.54, 1.807) is 29.2 Å². The van der Waals surface area contributed by atoms with E-state index in [0.717, 1.165) is 4.60 Å². The number of anilines is 1. The van der Waals surface area contributed by atoms with Crippen LogP contribution in [0.25, 0.3) is 0 Å². The fourth-order valence-corrected chi connectivity index (χ4v) is 1.74. The molecule has 0 aromatic carbocycles. The Hall–Kier alpha value is -1.27. The topological polar surface area (TPSA) is 54.9 Å². The summed E-state index contributed by atoms with van der Waals surface area (Å²) in [6.45, 7) is 0. The van der Waals surface area contributed by atoms with E-state index in [2.05, 4.69) is 31.2 Å². The minimum Gasteiger partial charge on any atom is -0.319 e. The van der Waals surface area contributed by atoms with Crippen LogP contribution in [-0.4, -0.2) is 15.9 Å². The van der Waals surface area contributed by atoms with E-state index in [-0.39, 0.29) is 5.91 Å². The Kier molecular flexibility index (Phi) is 3.08.